The Morgan fingerprint density at radius 3 is 2.70 bits per heavy atom. The zero-order chi connectivity index (χ0) is 18.8. The second-order valence-corrected chi connectivity index (χ2v) is 6.47. The topological polar surface area (TPSA) is 54.0 Å². The molecule has 6 heteroatoms. The number of hydrogen-bond donors (Lipinski definition) is 2. The van der Waals surface area contributed by atoms with Gasteiger partial charge in [0.05, 0.1) is 0 Å². The van der Waals surface area contributed by atoms with Crippen molar-refractivity contribution in [1.29, 1.82) is 0 Å². The number of aromatic nitrogens is 1. The van der Waals surface area contributed by atoms with Crippen LogP contribution in [0.1, 0.15) is 27.0 Å². The van der Waals surface area contributed by atoms with Gasteiger partial charge in [0.25, 0.3) is 5.91 Å². The lowest BCUT2D eigenvalue weighted by Gasteiger charge is -2.10. The third-order valence-electron chi connectivity index (χ3n) is 4.51. The number of nitrogens with one attached hydrogen (secondary N) is 2. The molecule has 0 bridgehead atoms. The highest BCUT2D eigenvalue weighted by Crippen LogP contribution is 2.26. The van der Waals surface area contributed by atoms with Gasteiger partial charge in [0, 0.05) is 30.1 Å². The van der Waals surface area contributed by atoms with Crippen molar-refractivity contribution in [3.05, 3.63) is 88.6 Å². The number of pyridine rings is 1. The van der Waals surface area contributed by atoms with Crippen molar-refractivity contribution in [3.8, 4) is 0 Å². The van der Waals surface area contributed by atoms with Gasteiger partial charge in [-0.05, 0) is 65.9 Å². The zero-order valence-electron chi connectivity index (χ0n) is 14.4. The molecule has 0 unspecified atom stereocenters. The number of carbonyl (C=O) groups is 1. The van der Waals surface area contributed by atoms with Crippen LogP contribution in [0.2, 0.25) is 0 Å². The summed E-state index contributed by atoms with van der Waals surface area (Å²) in [6, 6.07) is 12.5. The molecule has 0 spiro atoms. The molecule has 1 aromatic heterocycles. The molecule has 4 rings (SSSR count). The van der Waals surface area contributed by atoms with Gasteiger partial charge in [-0.15, -0.1) is 0 Å². The maximum Gasteiger partial charge on any atom is 0.257 e. The van der Waals surface area contributed by atoms with Crippen molar-refractivity contribution in [2.75, 3.05) is 17.2 Å². The average Bonchev–Trinajstić information content (AvgIpc) is 3.09. The Morgan fingerprint density at radius 2 is 1.89 bits per heavy atom. The maximum absolute atomic E-state index is 13.4. The summed E-state index contributed by atoms with van der Waals surface area (Å²) in [5, 5.41) is 6.06. The van der Waals surface area contributed by atoms with E-state index in [0.717, 1.165) is 35.8 Å². The minimum Gasteiger partial charge on any atom is -0.384 e. The van der Waals surface area contributed by atoms with E-state index in [0.29, 0.717) is 23.4 Å². The fraction of sp³-hybridized carbons (Fsp3) is 0.143. The largest absolute Gasteiger partial charge is 0.384 e. The first-order chi connectivity index (χ1) is 13.1. The van der Waals surface area contributed by atoms with Gasteiger partial charge in [0.1, 0.15) is 17.5 Å². The molecule has 0 atom stereocenters. The fourth-order valence-electron chi connectivity index (χ4n) is 3.34. The number of carbonyl (C=O) groups excluding carboxylic acids is 1. The molecule has 0 aliphatic carbocycles. The molecular formula is C21H17F2N3O. The number of amides is 1. The van der Waals surface area contributed by atoms with E-state index in [2.05, 4.69) is 15.6 Å². The van der Waals surface area contributed by atoms with Crippen molar-refractivity contribution in [2.24, 2.45) is 0 Å². The summed E-state index contributed by atoms with van der Waals surface area (Å²) in [5.41, 5.74) is 3.92. The Kier molecular flexibility index (Phi) is 4.54. The van der Waals surface area contributed by atoms with Crippen LogP contribution in [-0.4, -0.2) is 17.4 Å². The quantitative estimate of drug-likeness (QED) is 0.730. The first kappa shape index (κ1) is 17.1. The highest BCUT2D eigenvalue weighted by atomic mass is 19.1. The van der Waals surface area contributed by atoms with E-state index in [-0.39, 0.29) is 5.91 Å². The second-order valence-electron chi connectivity index (χ2n) is 6.47. The van der Waals surface area contributed by atoms with E-state index >= 15 is 0 Å². The van der Waals surface area contributed by atoms with Crippen molar-refractivity contribution in [1.82, 2.24) is 4.98 Å². The predicted molar refractivity (Wildman–Crippen MR) is 100.0 cm³/mol. The van der Waals surface area contributed by atoms with Crippen molar-refractivity contribution in [2.45, 2.75) is 12.8 Å². The normalized spacial score (nSPS) is 12.4. The van der Waals surface area contributed by atoms with Crippen LogP contribution in [0.15, 0.2) is 54.7 Å². The van der Waals surface area contributed by atoms with E-state index in [1.807, 2.05) is 12.1 Å². The molecule has 0 saturated carbocycles. The van der Waals surface area contributed by atoms with Crippen LogP contribution >= 0.6 is 0 Å². The minimum absolute atomic E-state index is 0.225. The van der Waals surface area contributed by atoms with E-state index in [4.69, 9.17) is 0 Å². The molecule has 1 aliphatic heterocycles. The molecule has 4 nitrogen and oxygen atoms in total. The van der Waals surface area contributed by atoms with Gasteiger partial charge >= 0.3 is 0 Å². The molecular weight excluding hydrogens is 348 g/mol. The van der Waals surface area contributed by atoms with Crippen LogP contribution in [0.5, 0.6) is 0 Å². The van der Waals surface area contributed by atoms with Gasteiger partial charge in [-0.1, -0.05) is 6.07 Å². The van der Waals surface area contributed by atoms with E-state index in [1.165, 1.54) is 12.1 Å². The third-order valence-corrected chi connectivity index (χ3v) is 4.51. The Bertz CT molecular complexity index is 1000. The van der Waals surface area contributed by atoms with Crippen LogP contribution in [0.3, 0.4) is 0 Å². The zero-order valence-corrected chi connectivity index (χ0v) is 14.4. The van der Waals surface area contributed by atoms with Crippen LogP contribution in [0, 0.1) is 11.6 Å². The number of nitrogens with zero attached hydrogens (tertiary/aromatic N) is 1. The fourth-order valence-corrected chi connectivity index (χ4v) is 3.34. The second kappa shape index (κ2) is 7.15. The van der Waals surface area contributed by atoms with Crippen LogP contribution < -0.4 is 10.6 Å². The van der Waals surface area contributed by atoms with E-state index < -0.39 is 11.6 Å². The van der Waals surface area contributed by atoms with Gasteiger partial charge in [0.15, 0.2) is 0 Å². The van der Waals surface area contributed by atoms with E-state index in [1.54, 1.807) is 24.4 Å². The van der Waals surface area contributed by atoms with E-state index in [9.17, 15) is 13.6 Å². The summed E-state index contributed by atoms with van der Waals surface area (Å²) in [6.07, 6.45) is 2.71. The molecule has 3 aromatic rings. The Labute approximate surface area is 155 Å². The summed E-state index contributed by atoms with van der Waals surface area (Å²) < 4.78 is 26.7. The molecule has 0 radical (unpaired) electrons. The smallest absolute Gasteiger partial charge is 0.257 e. The summed E-state index contributed by atoms with van der Waals surface area (Å²) in [5.74, 6) is -1.05. The number of rotatable bonds is 4. The van der Waals surface area contributed by atoms with Gasteiger partial charge in [-0.2, -0.15) is 0 Å². The SMILES string of the molecule is O=C(Nc1cc(Cc2cc(F)cc(F)c2)ccn1)c1cccc2c1CCN2. The lowest BCUT2D eigenvalue weighted by atomic mass is 10.0. The molecule has 136 valence electrons. The highest BCUT2D eigenvalue weighted by Gasteiger charge is 2.18. The molecule has 1 amide bonds. The van der Waals surface area contributed by atoms with Crippen molar-refractivity contribution < 1.29 is 13.6 Å². The highest BCUT2D eigenvalue weighted by molar-refractivity contribution is 6.06. The summed E-state index contributed by atoms with van der Waals surface area (Å²) in [4.78, 5) is 16.8. The Balaban J connectivity index is 1.53. The molecule has 0 fully saturated rings. The molecule has 0 saturated heterocycles. The lowest BCUT2D eigenvalue weighted by Crippen LogP contribution is -2.15. The average molecular weight is 365 g/mol. The summed E-state index contributed by atoms with van der Waals surface area (Å²) in [7, 11) is 0. The van der Waals surface area contributed by atoms with Gasteiger partial charge in [0.2, 0.25) is 0 Å². The predicted octanol–water partition coefficient (Wildman–Crippen LogP) is 4.17. The summed E-state index contributed by atoms with van der Waals surface area (Å²) >= 11 is 0. The van der Waals surface area contributed by atoms with Crippen LogP contribution in [0.4, 0.5) is 20.3 Å². The van der Waals surface area contributed by atoms with Gasteiger partial charge in [-0.25, -0.2) is 13.8 Å². The monoisotopic (exact) mass is 365 g/mol. The molecule has 2 heterocycles. The first-order valence-electron chi connectivity index (χ1n) is 8.65. The maximum atomic E-state index is 13.4. The first-order valence-corrected chi connectivity index (χ1v) is 8.65. The number of hydrogen-bond acceptors (Lipinski definition) is 3. The number of halogens is 2. The van der Waals surface area contributed by atoms with Gasteiger partial charge < -0.3 is 10.6 Å². The molecule has 2 N–H and O–H groups in total. The van der Waals surface area contributed by atoms with Crippen molar-refractivity contribution >= 4 is 17.4 Å². The Hall–Kier alpha value is -3.28. The third kappa shape index (κ3) is 3.79. The standard InChI is InChI=1S/C21H17F2N3O/c22-15-9-14(10-16(23)12-15)8-13-4-6-25-20(11-13)26-21(27)18-2-1-3-19-17(18)5-7-24-19/h1-4,6,9-12,24H,5,7-8H2,(H,25,26,27). The van der Waals surface area contributed by atoms with Crippen LogP contribution in [0.25, 0.3) is 0 Å². The number of anilines is 2. The minimum atomic E-state index is -0.612. The molecule has 1 aliphatic rings. The molecule has 27 heavy (non-hydrogen) atoms. The van der Waals surface area contributed by atoms with Gasteiger partial charge in [-0.3, -0.25) is 4.79 Å². The number of fused-ring (bicyclic) bond motifs is 1. The Morgan fingerprint density at radius 1 is 1.07 bits per heavy atom. The van der Waals surface area contributed by atoms with Crippen LogP contribution in [-0.2, 0) is 12.8 Å². The van der Waals surface area contributed by atoms with Crippen molar-refractivity contribution in [3.63, 3.8) is 0 Å². The number of benzene rings is 2. The molecule has 2 aromatic carbocycles. The summed E-state index contributed by atoms with van der Waals surface area (Å²) in [6.45, 7) is 0.817. The lowest BCUT2D eigenvalue weighted by molar-refractivity contribution is 0.102.